The van der Waals surface area contributed by atoms with E-state index in [1.165, 1.54) is 26.3 Å². The number of fused-ring (bicyclic) bond motifs is 5. The molecular weight excluding hydrogens is 548 g/mol. The molecule has 0 aromatic rings. The fraction of sp³-hybridized carbons (Fsp3) is 0.800. The molecule has 11 atom stereocenters. The van der Waals surface area contributed by atoms with Crippen molar-refractivity contribution in [3.63, 3.8) is 0 Å². The third kappa shape index (κ3) is 5.83. The van der Waals surface area contributed by atoms with Crippen LogP contribution in [0.3, 0.4) is 0 Å². The van der Waals surface area contributed by atoms with Gasteiger partial charge in [0.15, 0.2) is 0 Å². The van der Waals surface area contributed by atoms with Gasteiger partial charge in [-0.2, -0.15) is 0 Å². The first-order chi connectivity index (χ1) is 20.0. The number of hydrogen-bond acceptors (Lipinski definition) is 8. The minimum Gasteiger partial charge on any atom is -0.459 e. The predicted octanol–water partition coefficient (Wildman–Crippen LogP) is 5.68. The van der Waals surface area contributed by atoms with Gasteiger partial charge in [-0.15, -0.1) is 0 Å². The van der Waals surface area contributed by atoms with E-state index in [2.05, 4.69) is 33.8 Å². The number of ether oxygens (including phenoxy) is 3. The number of aliphatic hydroxyl groups excluding tert-OH is 1. The summed E-state index contributed by atoms with van der Waals surface area (Å²) in [6, 6.07) is 0. The van der Waals surface area contributed by atoms with Crippen LogP contribution in [0, 0.1) is 40.4 Å². The van der Waals surface area contributed by atoms with Crippen molar-refractivity contribution in [2.24, 2.45) is 40.4 Å². The van der Waals surface area contributed by atoms with Crippen molar-refractivity contribution < 1.29 is 38.8 Å². The molecule has 2 N–H and O–H groups in total. The lowest BCUT2D eigenvalue weighted by molar-refractivity contribution is -0.231. The third-order valence-corrected chi connectivity index (χ3v) is 12.1. The van der Waals surface area contributed by atoms with Gasteiger partial charge in [0.05, 0.1) is 11.7 Å². The molecule has 0 aromatic heterocycles. The highest BCUT2D eigenvalue weighted by Crippen LogP contribution is 2.69. The van der Waals surface area contributed by atoms with E-state index in [-0.39, 0.29) is 23.2 Å². The average Bonchev–Trinajstić information content (AvgIpc) is 3.25. The largest absolute Gasteiger partial charge is 0.459 e. The van der Waals surface area contributed by atoms with Crippen LogP contribution in [0.2, 0.25) is 0 Å². The number of esters is 3. The SMILES string of the molecule is C/C=C(\C[C@@H](O)[C@@H](C)[C@H]1CC[C@H]2C3=C[C@@H](OC(C)=O)[C@H]4[C@@H](OC(C)=O)[C@@H](OC(C)=O)CC[C@]4(C)[C@@]3(O)CC[C@]12C)C(C)C. The molecule has 0 aliphatic heterocycles. The number of allylic oxidation sites excluding steroid dienone is 1. The molecule has 0 amide bonds. The monoisotopic (exact) mass is 602 g/mol. The summed E-state index contributed by atoms with van der Waals surface area (Å²) in [5.74, 6) is -1.25. The summed E-state index contributed by atoms with van der Waals surface area (Å²) in [5, 5.41) is 24.2. The van der Waals surface area contributed by atoms with Gasteiger partial charge in [0.25, 0.3) is 0 Å². The van der Waals surface area contributed by atoms with Crippen LogP contribution in [0.1, 0.15) is 107 Å². The van der Waals surface area contributed by atoms with Crippen molar-refractivity contribution in [3.05, 3.63) is 23.3 Å². The van der Waals surface area contributed by atoms with Crippen molar-refractivity contribution in [1.82, 2.24) is 0 Å². The first-order valence-electron chi connectivity index (χ1n) is 16.3. The Bertz CT molecular complexity index is 1160. The summed E-state index contributed by atoms with van der Waals surface area (Å²) in [4.78, 5) is 36.8. The van der Waals surface area contributed by atoms with Crippen molar-refractivity contribution in [2.45, 2.75) is 137 Å². The normalized spacial score (nSPS) is 40.4. The third-order valence-electron chi connectivity index (χ3n) is 12.1. The van der Waals surface area contributed by atoms with Gasteiger partial charge in [0.1, 0.15) is 18.3 Å². The van der Waals surface area contributed by atoms with Gasteiger partial charge in [0, 0.05) is 32.1 Å². The lowest BCUT2D eigenvalue weighted by Crippen LogP contribution is -2.68. The Morgan fingerprint density at radius 3 is 2.14 bits per heavy atom. The Morgan fingerprint density at radius 1 is 0.953 bits per heavy atom. The minimum absolute atomic E-state index is 0.0615. The maximum absolute atomic E-state index is 12.8. The average molecular weight is 603 g/mol. The van der Waals surface area contributed by atoms with Gasteiger partial charge in [-0.1, -0.05) is 46.3 Å². The second-order valence-corrected chi connectivity index (χ2v) is 14.7. The molecule has 0 unspecified atom stereocenters. The van der Waals surface area contributed by atoms with E-state index in [1.807, 2.05) is 19.9 Å². The second-order valence-electron chi connectivity index (χ2n) is 14.7. The van der Waals surface area contributed by atoms with Crippen LogP contribution in [0.15, 0.2) is 23.3 Å². The highest BCUT2D eigenvalue weighted by atomic mass is 16.6. The van der Waals surface area contributed by atoms with Crippen molar-refractivity contribution >= 4 is 17.9 Å². The second kappa shape index (κ2) is 12.3. The first-order valence-corrected chi connectivity index (χ1v) is 16.3. The van der Waals surface area contributed by atoms with Crippen molar-refractivity contribution in [1.29, 1.82) is 0 Å². The lowest BCUT2D eigenvalue weighted by Gasteiger charge is -2.64. The summed E-state index contributed by atoms with van der Waals surface area (Å²) in [6.45, 7) is 16.9. The Kier molecular flexibility index (Phi) is 9.64. The highest BCUT2D eigenvalue weighted by Gasteiger charge is 2.69. The molecule has 4 rings (SSSR count). The molecule has 0 saturated heterocycles. The first kappa shape index (κ1) is 33.7. The molecule has 242 valence electrons. The summed E-state index contributed by atoms with van der Waals surface area (Å²) in [5.41, 5.74) is 0.0445. The maximum atomic E-state index is 12.8. The van der Waals surface area contributed by atoms with Crippen LogP contribution in [0.25, 0.3) is 0 Å². The molecule has 8 heteroatoms. The summed E-state index contributed by atoms with van der Waals surface area (Å²) >= 11 is 0. The van der Waals surface area contributed by atoms with E-state index in [4.69, 9.17) is 14.2 Å². The van der Waals surface area contributed by atoms with Gasteiger partial charge in [0.2, 0.25) is 0 Å². The van der Waals surface area contributed by atoms with Crippen LogP contribution in [0.4, 0.5) is 0 Å². The van der Waals surface area contributed by atoms with Gasteiger partial charge < -0.3 is 24.4 Å². The maximum Gasteiger partial charge on any atom is 0.303 e. The van der Waals surface area contributed by atoms with Gasteiger partial charge in [-0.05, 0) is 92.6 Å². The number of carbonyl (C=O) groups is 3. The van der Waals surface area contributed by atoms with E-state index in [1.54, 1.807) is 0 Å². The molecule has 8 nitrogen and oxygen atoms in total. The predicted molar refractivity (Wildman–Crippen MR) is 162 cm³/mol. The van der Waals surface area contributed by atoms with Gasteiger partial charge in [-0.3, -0.25) is 14.4 Å². The van der Waals surface area contributed by atoms with E-state index < -0.39 is 59.3 Å². The molecule has 4 aliphatic rings. The Hall–Kier alpha value is -2.19. The lowest BCUT2D eigenvalue weighted by atomic mass is 9.44. The zero-order valence-electron chi connectivity index (χ0n) is 27.6. The highest BCUT2D eigenvalue weighted by molar-refractivity contribution is 5.68. The molecule has 3 saturated carbocycles. The number of carbonyl (C=O) groups excluding carboxylic acids is 3. The summed E-state index contributed by atoms with van der Waals surface area (Å²) in [7, 11) is 0. The fourth-order valence-corrected chi connectivity index (χ4v) is 9.79. The quantitative estimate of drug-likeness (QED) is 0.207. The Labute approximate surface area is 257 Å². The molecule has 43 heavy (non-hydrogen) atoms. The van der Waals surface area contributed by atoms with Crippen molar-refractivity contribution in [3.8, 4) is 0 Å². The molecule has 4 aliphatic carbocycles. The topological polar surface area (TPSA) is 119 Å². The molecule has 0 spiro atoms. The van der Waals surface area contributed by atoms with Crippen LogP contribution in [-0.4, -0.2) is 58.1 Å². The molecular formula is C35H54O8. The van der Waals surface area contributed by atoms with Crippen molar-refractivity contribution in [2.75, 3.05) is 0 Å². The summed E-state index contributed by atoms with van der Waals surface area (Å²) in [6.07, 6.45) is 6.01. The molecule has 0 radical (unpaired) electrons. The molecule has 0 aromatic carbocycles. The van der Waals surface area contributed by atoms with E-state index in [0.29, 0.717) is 31.6 Å². The van der Waals surface area contributed by atoms with Crippen LogP contribution >= 0.6 is 0 Å². The number of hydrogen-bond donors (Lipinski definition) is 2. The zero-order chi connectivity index (χ0) is 32.1. The van der Waals surface area contributed by atoms with Crippen LogP contribution < -0.4 is 0 Å². The van der Waals surface area contributed by atoms with E-state index in [0.717, 1.165) is 24.8 Å². The van der Waals surface area contributed by atoms with Crippen LogP contribution in [0.5, 0.6) is 0 Å². The smallest absolute Gasteiger partial charge is 0.303 e. The van der Waals surface area contributed by atoms with Crippen LogP contribution in [-0.2, 0) is 28.6 Å². The molecule has 0 heterocycles. The Balaban J connectivity index is 1.74. The van der Waals surface area contributed by atoms with E-state index in [9.17, 15) is 24.6 Å². The Morgan fingerprint density at radius 2 is 1.58 bits per heavy atom. The standard InChI is InChI=1S/C35H54O8/c1-10-24(19(2)3)17-28(39)20(4)25-11-12-26-27-18-30(42-22(6)37)31-32(43-23(7)38)29(41-21(5)36)13-14-34(31,9)35(27,40)16-15-33(25,26)8/h10,18-20,25-26,28-32,39-40H,11-17H2,1-9H3/b24-10+/t20-,25+,26-,28+,29-,30+,31-,32-,33+,34-,35+/m0/s1. The fourth-order valence-electron chi connectivity index (χ4n) is 9.79. The zero-order valence-corrected chi connectivity index (χ0v) is 27.6. The summed E-state index contributed by atoms with van der Waals surface area (Å²) < 4.78 is 17.4. The van der Waals surface area contributed by atoms with E-state index >= 15 is 0 Å². The number of rotatable bonds is 8. The number of aliphatic hydroxyl groups is 2. The van der Waals surface area contributed by atoms with Gasteiger partial charge in [-0.25, -0.2) is 0 Å². The van der Waals surface area contributed by atoms with Gasteiger partial charge >= 0.3 is 17.9 Å². The molecule has 3 fully saturated rings. The molecule has 0 bridgehead atoms. The minimum atomic E-state index is -1.20.